The lowest BCUT2D eigenvalue weighted by Crippen LogP contribution is -2.13. The minimum Gasteiger partial charge on any atom is -0.481 e. The van der Waals surface area contributed by atoms with Gasteiger partial charge in [-0.2, -0.15) is 4.98 Å². The van der Waals surface area contributed by atoms with Gasteiger partial charge in [0, 0.05) is 18.5 Å². The fourth-order valence-corrected chi connectivity index (χ4v) is 3.16. The number of carboxylic acid groups (broad SMARTS) is 1. The summed E-state index contributed by atoms with van der Waals surface area (Å²) in [6.07, 6.45) is 1.39. The summed E-state index contributed by atoms with van der Waals surface area (Å²) in [4.78, 5) is 28.5. The molecule has 8 heteroatoms. The number of hydrogen-bond acceptors (Lipinski definition) is 6. The molecule has 3 aromatic rings. The lowest BCUT2D eigenvalue weighted by atomic mass is 10.0. The Morgan fingerprint density at radius 1 is 1.30 bits per heavy atom. The Balaban J connectivity index is 1.49. The molecule has 0 saturated carbocycles. The first-order chi connectivity index (χ1) is 13.0. The molecule has 7 nitrogen and oxygen atoms in total. The van der Waals surface area contributed by atoms with Gasteiger partial charge in [0.05, 0.1) is 10.8 Å². The van der Waals surface area contributed by atoms with Crippen LogP contribution in [0.5, 0.6) is 0 Å². The summed E-state index contributed by atoms with van der Waals surface area (Å²) in [5.74, 6) is -0.609. The standard InChI is InChI=1S/C19H19N3O4S/c1-12(19(24)25)13-5-2-6-14(11-13)20-16(23)8-3-9-17-21-18(22-26-17)15-7-4-10-27-15/h2,4-7,10-12H,3,8-9H2,1H3,(H,20,23)(H,24,25). The number of aliphatic carboxylic acids is 1. The highest BCUT2D eigenvalue weighted by Crippen LogP contribution is 2.22. The van der Waals surface area contributed by atoms with E-state index < -0.39 is 11.9 Å². The summed E-state index contributed by atoms with van der Waals surface area (Å²) < 4.78 is 5.21. The molecule has 0 fully saturated rings. The third-order valence-corrected chi connectivity index (χ3v) is 4.91. The number of aromatic nitrogens is 2. The third-order valence-electron chi connectivity index (χ3n) is 4.04. The largest absolute Gasteiger partial charge is 0.481 e. The van der Waals surface area contributed by atoms with Gasteiger partial charge >= 0.3 is 5.97 Å². The molecular weight excluding hydrogens is 366 g/mol. The van der Waals surface area contributed by atoms with Crippen LogP contribution in [0.15, 0.2) is 46.3 Å². The number of benzene rings is 1. The lowest BCUT2D eigenvalue weighted by Gasteiger charge is -2.10. The minimum absolute atomic E-state index is 0.145. The SMILES string of the molecule is CC(C(=O)O)c1cccc(NC(=O)CCCc2nc(-c3cccs3)no2)c1. The number of nitrogens with one attached hydrogen (secondary N) is 1. The number of aryl methyl sites for hydroxylation is 1. The molecule has 1 aromatic carbocycles. The van der Waals surface area contributed by atoms with E-state index in [1.807, 2.05) is 17.5 Å². The van der Waals surface area contributed by atoms with E-state index in [1.54, 1.807) is 31.2 Å². The number of carboxylic acids is 1. The maximum Gasteiger partial charge on any atom is 0.310 e. The van der Waals surface area contributed by atoms with Crippen LogP contribution in [0.3, 0.4) is 0 Å². The van der Waals surface area contributed by atoms with Crippen molar-refractivity contribution in [3.8, 4) is 10.7 Å². The molecule has 1 unspecified atom stereocenters. The van der Waals surface area contributed by atoms with Crippen molar-refractivity contribution in [1.29, 1.82) is 0 Å². The number of hydrogen-bond donors (Lipinski definition) is 2. The maximum absolute atomic E-state index is 12.1. The van der Waals surface area contributed by atoms with Crippen LogP contribution in [0.2, 0.25) is 0 Å². The molecule has 2 N–H and O–H groups in total. The van der Waals surface area contributed by atoms with Crippen molar-refractivity contribution in [2.24, 2.45) is 0 Å². The molecule has 0 bridgehead atoms. The van der Waals surface area contributed by atoms with Gasteiger partial charge in [0.1, 0.15) is 0 Å². The van der Waals surface area contributed by atoms with E-state index in [2.05, 4.69) is 15.5 Å². The Morgan fingerprint density at radius 2 is 2.15 bits per heavy atom. The quantitative estimate of drug-likeness (QED) is 0.608. The van der Waals surface area contributed by atoms with Crippen LogP contribution in [0.4, 0.5) is 5.69 Å². The van der Waals surface area contributed by atoms with Crippen molar-refractivity contribution in [1.82, 2.24) is 10.1 Å². The molecule has 3 rings (SSSR count). The summed E-state index contributed by atoms with van der Waals surface area (Å²) >= 11 is 1.54. The minimum atomic E-state index is -0.903. The van der Waals surface area contributed by atoms with E-state index in [1.165, 1.54) is 11.3 Å². The van der Waals surface area contributed by atoms with Gasteiger partial charge in [-0.25, -0.2) is 0 Å². The van der Waals surface area contributed by atoms with Crippen LogP contribution in [0, 0.1) is 0 Å². The molecule has 2 heterocycles. The molecular formula is C19H19N3O4S. The van der Waals surface area contributed by atoms with E-state index in [4.69, 9.17) is 9.63 Å². The Bertz CT molecular complexity index is 921. The molecule has 0 aliphatic rings. The predicted octanol–water partition coefficient (Wildman–Crippen LogP) is 3.95. The highest BCUT2D eigenvalue weighted by atomic mass is 32.1. The fourth-order valence-electron chi connectivity index (χ4n) is 2.51. The summed E-state index contributed by atoms with van der Waals surface area (Å²) in [6, 6.07) is 10.7. The van der Waals surface area contributed by atoms with Crippen molar-refractivity contribution in [3.63, 3.8) is 0 Å². The molecule has 0 radical (unpaired) electrons. The number of rotatable bonds is 8. The first kappa shape index (κ1) is 18.8. The molecule has 2 aromatic heterocycles. The molecule has 0 aliphatic carbocycles. The third kappa shape index (κ3) is 5.01. The molecule has 1 amide bonds. The maximum atomic E-state index is 12.1. The number of carbonyl (C=O) groups excluding carboxylic acids is 1. The van der Waals surface area contributed by atoms with Gasteiger partial charge in [-0.3, -0.25) is 9.59 Å². The smallest absolute Gasteiger partial charge is 0.310 e. The zero-order valence-electron chi connectivity index (χ0n) is 14.7. The Labute approximate surface area is 160 Å². The summed E-state index contributed by atoms with van der Waals surface area (Å²) in [7, 11) is 0. The summed E-state index contributed by atoms with van der Waals surface area (Å²) in [5, 5.41) is 17.8. The van der Waals surface area contributed by atoms with Crippen LogP contribution < -0.4 is 5.32 Å². The Hall–Kier alpha value is -3.00. The second kappa shape index (κ2) is 8.59. The van der Waals surface area contributed by atoms with Crippen molar-refractivity contribution < 1.29 is 19.2 Å². The van der Waals surface area contributed by atoms with Crippen LogP contribution >= 0.6 is 11.3 Å². The highest BCUT2D eigenvalue weighted by Gasteiger charge is 2.14. The average Bonchev–Trinajstić information content (AvgIpc) is 3.32. The lowest BCUT2D eigenvalue weighted by molar-refractivity contribution is -0.138. The van der Waals surface area contributed by atoms with Crippen molar-refractivity contribution in [2.75, 3.05) is 5.32 Å². The van der Waals surface area contributed by atoms with Crippen LogP contribution in [-0.2, 0) is 16.0 Å². The molecule has 140 valence electrons. The number of anilines is 1. The van der Waals surface area contributed by atoms with E-state index in [-0.39, 0.29) is 5.91 Å². The van der Waals surface area contributed by atoms with E-state index in [0.29, 0.717) is 42.2 Å². The second-order valence-electron chi connectivity index (χ2n) is 6.08. The van der Waals surface area contributed by atoms with Crippen LogP contribution in [-0.4, -0.2) is 27.1 Å². The van der Waals surface area contributed by atoms with E-state index in [0.717, 1.165) is 4.88 Å². The van der Waals surface area contributed by atoms with Gasteiger partial charge in [-0.1, -0.05) is 23.4 Å². The zero-order valence-corrected chi connectivity index (χ0v) is 15.5. The van der Waals surface area contributed by atoms with Crippen LogP contribution in [0.25, 0.3) is 10.7 Å². The topological polar surface area (TPSA) is 105 Å². The van der Waals surface area contributed by atoms with E-state index >= 15 is 0 Å². The average molecular weight is 385 g/mol. The van der Waals surface area contributed by atoms with Gasteiger partial charge in [0.15, 0.2) is 0 Å². The van der Waals surface area contributed by atoms with Crippen molar-refractivity contribution in [2.45, 2.75) is 32.1 Å². The molecule has 1 atom stereocenters. The summed E-state index contributed by atoms with van der Waals surface area (Å²) in [6.45, 7) is 1.61. The van der Waals surface area contributed by atoms with Gasteiger partial charge < -0.3 is 14.9 Å². The Kier molecular flexibility index (Phi) is 5.97. The Morgan fingerprint density at radius 3 is 2.89 bits per heavy atom. The van der Waals surface area contributed by atoms with Gasteiger partial charge in [-0.15, -0.1) is 11.3 Å². The number of thiophene rings is 1. The first-order valence-corrected chi connectivity index (χ1v) is 9.40. The molecule has 0 aliphatic heterocycles. The molecule has 0 saturated heterocycles. The predicted molar refractivity (Wildman–Crippen MR) is 102 cm³/mol. The first-order valence-electron chi connectivity index (χ1n) is 8.52. The van der Waals surface area contributed by atoms with E-state index in [9.17, 15) is 9.59 Å². The number of carbonyl (C=O) groups is 2. The van der Waals surface area contributed by atoms with Gasteiger partial charge in [0.25, 0.3) is 0 Å². The molecule has 0 spiro atoms. The van der Waals surface area contributed by atoms with Crippen LogP contribution in [0.1, 0.15) is 37.1 Å². The number of amides is 1. The normalized spacial score (nSPS) is 11.9. The fraction of sp³-hybridized carbons (Fsp3) is 0.263. The zero-order chi connectivity index (χ0) is 19.2. The molecule has 27 heavy (non-hydrogen) atoms. The second-order valence-corrected chi connectivity index (χ2v) is 7.02. The van der Waals surface area contributed by atoms with Gasteiger partial charge in [0.2, 0.25) is 17.6 Å². The highest BCUT2D eigenvalue weighted by molar-refractivity contribution is 7.13. The summed E-state index contributed by atoms with van der Waals surface area (Å²) in [5.41, 5.74) is 1.23. The van der Waals surface area contributed by atoms with Gasteiger partial charge in [-0.05, 0) is 42.5 Å². The van der Waals surface area contributed by atoms with Crippen molar-refractivity contribution in [3.05, 3.63) is 53.2 Å². The monoisotopic (exact) mass is 385 g/mol. The van der Waals surface area contributed by atoms with Crippen molar-refractivity contribution >= 4 is 28.9 Å². The number of nitrogens with zero attached hydrogens (tertiary/aromatic N) is 2.